The van der Waals surface area contributed by atoms with E-state index in [0.29, 0.717) is 11.1 Å². The van der Waals surface area contributed by atoms with Gasteiger partial charge in [0, 0.05) is 5.56 Å². The first-order chi connectivity index (χ1) is 9.88. The minimum atomic E-state index is -1.13. The third-order valence-corrected chi connectivity index (χ3v) is 3.04. The van der Waals surface area contributed by atoms with Crippen LogP contribution in [0.1, 0.15) is 31.8 Å². The first kappa shape index (κ1) is 14.7. The van der Waals surface area contributed by atoms with Crippen LogP contribution in [0, 0.1) is 19.7 Å². The number of carboxylic acid groups (broad SMARTS) is 1. The van der Waals surface area contributed by atoms with Crippen molar-refractivity contribution in [3.8, 4) is 0 Å². The number of carboxylic acids is 1. The Bertz CT molecular complexity index is 705. The van der Waals surface area contributed by atoms with E-state index in [-0.39, 0.29) is 16.8 Å². The second kappa shape index (κ2) is 5.75. The molecule has 2 rings (SSSR count). The predicted molar refractivity (Wildman–Crippen MR) is 77.2 cm³/mol. The molecule has 0 fully saturated rings. The third kappa shape index (κ3) is 3.25. The van der Waals surface area contributed by atoms with Crippen molar-refractivity contribution >= 4 is 17.6 Å². The van der Waals surface area contributed by atoms with E-state index < -0.39 is 17.7 Å². The molecule has 21 heavy (non-hydrogen) atoms. The molecule has 0 heterocycles. The van der Waals surface area contributed by atoms with E-state index in [2.05, 4.69) is 5.32 Å². The Hall–Kier alpha value is -2.69. The van der Waals surface area contributed by atoms with Crippen molar-refractivity contribution < 1.29 is 19.1 Å². The lowest BCUT2D eigenvalue weighted by molar-refractivity contribution is 0.0697. The predicted octanol–water partition coefficient (Wildman–Crippen LogP) is 3.39. The van der Waals surface area contributed by atoms with Gasteiger partial charge in [-0.05, 0) is 49.2 Å². The Balaban J connectivity index is 2.36. The molecule has 0 unspecified atom stereocenters. The van der Waals surface area contributed by atoms with Crippen LogP contribution in [0.5, 0.6) is 0 Å². The molecular weight excluding hydrogens is 273 g/mol. The van der Waals surface area contributed by atoms with E-state index in [1.54, 1.807) is 26.0 Å². The van der Waals surface area contributed by atoms with Gasteiger partial charge in [-0.1, -0.05) is 12.1 Å². The van der Waals surface area contributed by atoms with Crippen molar-refractivity contribution in [3.05, 3.63) is 64.5 Å². The number of anilines is 1. The lowest BCUT2D eigenvalue weighted by Crippen LogP contribution is -2.16. The zero-order valence-corrected chi connectivity index (χ0v) is 11.6. The number of hydrogen-bond donors (Lipinski definition) is 2. The fourth-order valence-corrected chi connectivity index (χ4v) is 2.12. The van der Waals surface area contributed by atoms with E-state index in [1.807, 2.05) is 0 Å². The molecule has 0 radical (unpaired) electrons. The number of amides is 1. The summed E-state index contributed by atoms with van der Waals surface area (Å²) in [5, 5.41) is 11.7. The van der Waals surface area contributed by atoms with Crippen molar-refractivity contribution in [2.45, 2.75) is 13.8 Å². The molecule has 108 valence electrons. The van der Waals surface area contributed by atoms with Crippen LogP contribution in [-0.4, -0.2) is 17.0 Å². The summed E-state index contributed by atoms with van der Waals surface area (Å²) in [5.41, 5.74) is 1.51. The first-order valence-corrected chi connectivity index (χ1v) is 6.30. The highest BCUT2D eigenvalue weighted by Gasteiger charge is 2.16. The zero-order valence-electron chi connectivity index (χ0n) is 11.6. The molecule has 2 aromatic carbocycles. The Morgan fingerprint density at radius 1 is 1.14 bits per heavy atom. The summed E-state index contributed by atoms with van der Waals surface area (Å²) in [6.45, 7) is 3.32. The Labute approximate surface area is 121 Å². The smallest absolute Gasteiger partial charge is 0.338 e. The lowest BCUT2D eigenvalue weighted by Gasteiger charge is -2.11. The second-order valence-corrected chi connectivity index (χ2v) is 4.77. The number of carbonyl (C=O) groups is 2. The van der Waals surface area contributed by atoms with Gasteiger partial charge < -0.3 is 10.4 Å². The number of nitrogens with one attached hydrogen (secondary N) is 1. The molecule has 1 amide bonds. The number of benzene rings is 2. The molecule has 5 heteroatoms. The SMILES string of the molecule is Cc1cc(F)cc(C(=O)Nc2cccc(C)c2C(=O)O)c1. The molecule has 0 aliphatic carbocycles. The molecule has 0 aliphatic heterocycles. The van der Waals surface area contributed by atoms with Crippen LogP contribution >= 0.6 is 0 Å². The Morgan fingerprint density at radius 2 is 1.86 bits per heavy atom. The van der Waals surface area contributed by atoms with Gasteiger partial charge in [-0.25, -0.2) is 9.18 Å². The van der Waals surface area contributed by atoms with Crippen molar-refractivity contribution in [1.29, 1.82) is 0 Å². The molecule has 0 atom stereocenters. The molecule has 0 saturated heterocycles. The third-order valence-electron chi connectivity index (χ3n) is 3.04. The summed E-state index contributed by atoms with van der Waals surface area (Å²) in [4.78, 5) is 23.4. The van der Waals surface area contributed by atoms with Crippen LogP contribution in [-0.2, 0) is 0 Å². The van der Waals surface area contributed by atoms with Gasteiger partial charge in [0.2, 0.25) is 0 Å². The largest absolute Gasteiger partial charge is 0.478 e. The minimum Gasteiger partial charge on any atom is -0.478 e. The van der Waals surface area contributed by atoms with Gasteiger partial charge in [-0.15, -0.1) is 0 Å². The lowest BCUT2D eigenvalue weighted by atomic mass is 10.1. The van der Waals surface area contributed by atoms with Crippen LogP contribution in [0.4, 0.5) is 10.1 Å². The van der Waals surface area contributed by atoms with Crippen LogP contribution in [0.3, 0.4) is 0 Å². The number of aryl methyl sites for hydroxylation is 2. The van der Waals surface area contributed by atoms with Gasteiger partial charge in [0.25, 0.3) is 5.91 Å². The molecule has 2 aromatic rings. The van der Waals surface area contributed by atoms with Gasteiger partial charge in [-0.2, -0.15) is 0 Å². The molecule has 0 aromatic heterocycles. The van der Waals surface area contributed by atoms with E-state index in [1.165, 1.54) is 18.2 Å². The van der Waals surface area contributed by atoms with Crippen molar-refractivity contribution in [1.82, 2.24) is 0 Å². The number of rotatable bonds is 3. The van der Waals surface area contributed by atoms with Crippen molar-refractivity contribution in [2.24, 2.45) is 0 Å². The molecular formula is C16H14FNO3. The quantitative estimate of drug-likeness (QED) is 0.909. The fraction of sp³-hybridized carbons (Fsp3) is 0.125. The molecule has 0 spiro atoms. The van der Waals surface area contributed by atoms with Gasteiger partial charge >= 0.3 is 5.97 Å². The van der Waals surface area contributed by atoms with Crippen LogP contribution < -0.4 is 5.32 Å². The highest BCUT2D eigenvalue weighted by Crippen LogP contribution is 2.20. The maximum absolute atomic E-state index is 13.3. The van der Waals surface area contributed by atoms with Gasteiger partial charge in [0.15, 0.2) is 0 Å². The fourth-order valence-electron chi connectivity index (χ4n) is 2.12. The summed E-state index contributed by atoms with van der Waals surface area (Å²) < 4.78 is 13.3. The highest BCUT2D eigenvalue weighted by molar-refractivity contribution is 6.08. The standard InChI is InChI=1S/C16H14FNO3/c1-9-6-11(8-12(17)7-9)15(19)18-13-5-3-4-10(2)14(13)16(20)21/h3-8H,1-2H3,(H,18,19)(H,20,21). The molecule has 4 nitrogen and oxygen atoms in total. The molecule has 0 saturated carbocycles. The van der Waals surface area contributed by atoms with Crippen LogP contribution in [0.2, 0.25) is 0 Å². The average Bonchev–Trinajstić information content (AvgIpc) is 2.37. The number of aromatic carboxylic acids is 1. The highest BCUT2D eigenvalue weighted by atomic mass is 19.1. The van der Waals surface area contributed by atoms with E-state index in [4.69, 9.17) is 0 Å². The monoisotopic (exact) mass is 287 g/mol. The van der Waals surface area contributed by atoms with E-state index in [9.17, 15) is 19.1 Å². The summed E-state index contributed by atoms with van der Waals surface area (Å²) >= 11 is 0. The van der Waals surface area contributed by atoms with Gasteiger partial charge in [0.1, 0.15) is 5.82 Å². The number of carbonyl (C=O) groups excluding carboxylic acids is 1. The first-order valence-electron chi connectivity index (χ1n) is 6.30. The Morgan fingerprint density at radius 3 is 2.48 bits per heavy atom. The van der Waals surface area contributed by atoms with Crippen molar-refractivity contribution in [2.75, 3.05) is 5.32 Å². The summed E-state index contributed by atoms with van der Waals surface area (Å²) in [6.07, 6.45) is 0. The van der Waals surface area contributed by atoms with Crippen LogP contribution in [0.25, 0.3) is 0 Å². The van der Waals surface area contributed by atoms with Crippen LogP contribution in [0.15, 0.2) is 36.4 Å². The van der Waals surface area contributed by atoms with Gasteiger partial charge in [0.05, 0.1) is 11.3 Å². The molecule has 0 aliphatic rings. The number of hydrogen-bond acceptors (Lipinski definition) is 2. The topological polar surface area (TPSA) is 66.4 Å². The number of halogens is 1. The normalized spacial score (nSPS) is 10.2. The average molecular weight is 287 g/mol. The molecule has 2 N–H and O–H groups in total. The molecule has 0 bridgehead atoms. The maximum atomic E-state index is 13.3. The van der Waals surface area contributed by atoms with E-state index >= 15 is 0 Å². The zero-order chi connectivity index (χ0) is 15.6. The van der Waals surface area contributed by atoms with Crippen molar-refractivity contribution in [3.63, 3.8) is 0 Å². The summed E-state index contributed by atoms with van der Waals surface area (Å²) in [6, 6.07) is 8.75. The minimum absolute atomic E-state index is 0.0268. The van der Waals surface area contributed by atoms with E-state index in [0.717, 1.165) is 6.07 Å². The summed E-state index contributed by atoms with van der Waals surface area (Å²) in [7, 11) is 0. The Kier molecular flexibility index (Phi) is 4.03. The van der Waals surface area contributed by atoms with Gasteiger partial charge in [-0.3, -0.25) is 4.79 Å². The second-order valence-electron chi connectivity index (χ2n) is 4.77. The maximum Gasteiger partial charge on any atom is 0.338 e. The summed E-state index contributed by atoms with van der Waals surface area (Å²) in [5.74, 6) is -2.19.